The van der Waals surface area contributed by atoms with Gasteiger partial charge in [-0.3, -0.25) is 0 Å². The van der Waals surface area contributed by atoms with Gasteiger partial charge >= 0.3 is 142 Å². The molecule has 0 spiro atoms. The first-order valence-corrected chi connectivity index (χ1v) is 11.9. The van der Waals surface area contributed by atoms with Gasteiger partial charge in [0.15, 0.2) is 0 Å². The Labute approximate surface area is 191 Å². The number of alkyl halides is 3. The molecule has 0 saturated carbocycles. The molecule has 1 fully saturated rings. The summed E-state index contributed by atoms with van der Waals surface area (Å²) in [6, 6.07) is 12.7. The van der Waals surface area contributed by atoms with Gasteiger partial charge in [0.25, 0.3) is 0 Å². The van der Waals surface area contributed by atoms with Gasteiger partial charge in [0, 0.05) is 5.69 Å². The molecular formula is C21H24F3GeN3O4. The molecule has 0 aromatic heterocycles. The Morgan fingerprint density at radius 3 is 2.44 bits per heavy atom. The molecule has 0 bridgehead atoms. The van der Waals surface area contributed by atoms with Gasteiger partial charge in [-0.2, -0.15) is 13.2 Å². The summed E-state index contributed by atoms with van der Waals surface area (Å²) >= 11 is -1.04. The van der Waals surface area contributed by atoms with Crippen molar-refractivity contribution in [2.75, 3.05) is 49.6 Å². The monoisotopic (exact) mass is 513 g/mol. The van der Waals surface area contributed by atoms with Crippen molar-refractivity contribution in [3.8, 4) is 0 Å². The van der Waals surface area contributed by atoms with Crippen LogP contribution in [-0.4, -0.2) is 71.6 Å². The number of amides is 1. The van der Waals surface area contributed by atoms with Crippen LogP contribution in [0, 0.1) is 0 Å². The topological polar surface area (TPSA) is 65.5 Å². The molecule has 0 unspecified atom stereocenters. The van der Waals surface area contributed by atoms with Crippen molar-refractivity contribution in [2.45, 2.75) is 12.6 Å². The zero-order valence-corrected chi connectivity index (χ0v) is 19.6. The predicted molar refractivity (Wildman–Crippen MR) is 115 cm³/mol. The van der Waals surface area contributed by atoms with Gasteiger partial charge < -0.3 is 0 Å². The average Bonchev–Trinajstić information content (AvgIpc) is 2.81. The van der Waals surface area contributed by atoms with Crippen molar-refractivity contribution in [3.05, 3.63) is 54.1 Å². The number of benzene rings is 2. The van der Waals surface area contributed by atoms with Crippen LogP contribution in [0.3, 0.4) is 0 Å². The molecule has 0 atom stereocenters. The van der Waals surface area contributed by atoms with E-state index >= 15 is 0 Å². The summed E-state index contributed by atoms with van der Waals surface area (Å²) in [5, 5.41) is 11.9. The van der Waals surface area contributed by atoms with Crippen LogP contribution >= 0.6 is 0 Å². The Kier molecular flexibility index (Phi) is 8.54. The van der Waals surface area contributed by atoms with Crippen LogP contribution in [0.4, 0.5) is 24.5 Å². The van der Waals surface area contributed by atoms with Crippen LogP contribution in [0.15, 0.2) is 48.5 Å². The molecule has 2 radical (unpaired) electrons. The summed E-state index contributed by atoms with van der Waals surface area (Å²) < 4.78 is 44.3. The Hall–Kier alpha value is -2.12. The molecule has 1 amide bonds. The van der Waals surface area contributed by atoms with Gasteiger partial charge in [-0.15, -0.1) is 0 Å². The third-order valence-electron chi connectivity index (χ3n) is 5.38. The number of hydrogen-bond acceptors (Lipinski definition) is 6. The minimum absolute atomic E-state index is 0.0241. The number of halogens is 3. The standard InChI is InChI=1S/C21H24F3GeN3O4/c1-26(18-7-5-17(6-8-18)25-31-32-30)20(29)9-10-27-11-13-28(14-12-27)19-4-2-3-16(15-19)21(22,23)24/h2-8,15,30H,9-14H2,1H3. The summed E-state index contributed by atoms with van der Waals surface area (Å²) in [6.07, 6.45) is -4.01. The first kappa shape index (κ1) is 24.5. The van der Waals surface area contributed by atoms with Gasteiger partial charge in [0.05, 0.1) is 5.56 Å². The fourth-order valence-electron chi connectivity index (χ4n) is 3.49. The van der Waals surface area contributed by atoms with E-state index in [2.05, 4.69) is 13.9 Å². The predicted octanol–water partition coefficient (Wildman–Crippen LogP) is 2.55. The van der Waals surface area contributed by atoms with Gasteiger partial charge in [0.2, 0.25) is 0 Å². The number of rotatable bonds is 8. The molecule has 1 aliphatic heterocycles. The van der Waals surface area contributed by atoms with E-state index in [1.807, 2.05) is 29.2 Å². The molecular weight excluding hydrogens is 488 g/mol. The molecule has 7 nitrogen and oxygen atoms in total. The van der Waals surface area contributed by atoms with E-state index in [-0.39, 0.29) is 5.91 Å². The zero-order valence-electron chi connectivity index (χ0n) is 17.5. The SMILES string of the molecule is CN(C(=O)CCN1CCN(c2cccc(C(F)(F)F)c2)CC1)c1cc[c]([Ge][O]OO)cc1. The van der Waals surface area contributed by atoms with Crippen molar-refractivity contribution in [1.29, 1.82) is 0 Å². The van der Waals surface area contributed by atoms with E-state index < -0.39 is 27.5 Å². The fraction of sp³-hybridized carbons (Fsp3) is 0.381. The number of piperazine rings is 1. The van der Waals surface area contributed by atoms with Crippen LogP contribution < -0.4 is 14.2 Å². The number of carbonyl (C=O) groups excluding carboxylic acids is 1. The first-order chi connectivity index (χ1) is 15.3. The van der Waals surface area contributed by atoms with E-state index in [4.69, 9.17) is 5.26 Å². The van der Waals surface area contributed by atoms with Gasteiger partial charge in [-0.1, -0.05) is 6.07 Å². The molecule has 1 heterocycles. The average molecular weight is 512 g/mol. The molecule has 172 valence electrons. The fourth-order valence-corrected chi connectivity index (χ4v) is 4.41. The van der Waals surface area contributed by atoms with E-state index in [0.29, 0.717) is 44.8 Å². The van der Waals surface area contributed by atoms with E-state index in [1.165, 1.54) is 12.1 Å². The minimum atomic E-state index is -4.35. The van der Waals surface area contributed by atoms with Crippen molar-refractivity contribution >= 4 is 37.4 Å². The molecule has 32 heavy (non-hydrogen) atoms. The number of carbonyl (C=O) groups is 1. The third kappa shape index (κ3) is 6.69. The molecule has 2 aromatic rings. The number of hydrogen-bond donors (Lipinski definition) is 1. The number of anilines is 2. The summed E-state index contributed by atoms with van der Waals surface area (Å²) in [5.74, 6) is -0.0241. The maximum absolute atomic E-state index is 12.9. The Morgan fingerprint density at radius 2 is 1.81 bits per heavy atom. The molecule has 1 N–H and O–H groups in total. The second-order valence-electron chi connectivity index (χ2n) is 7.39. The molecule has 0 aliphatic carbocycles. The van der Waals surface area contributed by atoms with Crippen LogP contribution in [0.1, 0.15) is 12.0 Å². The zero-order chi connectivity index (χ0) is 23.1. The molecule has 3 rings (SSSR count). The van der Waals surface area contributed by atoms with Crippen molar-refractivity contribution in [1.82, 2.24) is 4.90 Å². The van der Waals surface area contributed by atoms with Gasteiger partial charge in [-0.05, 0) is 18.2 Å². The molecule has 2 aromatic carbocycles. The Balaban J connectivity index is 1.46. The normalized spacial score (nSPS) is 15.1. The molecule has 11 heteroatoms. The van der Waals surface area contributed by atoms with E-state index in [0.717, 1.165) is 16.1 Å². The van der Waals surface area contributed by atoms with Crippen molar-refractivity contribution < 1.29 is 32.2 Å². The third-order valence-corrected chi connectivity index (χ3v) is 6.90. The van der Waals surface area contributed by atoms with Gasteiger partial charge in [-0.25, -0.2) is 0 Å². The van der Waals surface area contributed by atoms with Crippen molar-refractivity contribution in [2.24, 2.45) is 0 Å². The van der Waals surface area contributed by atoms with Crippen LogP contribution in [0.5, 0.6) is 0 Å². The summed E-state index contributed by atoms with van der Waals surface area (Å²) in [4.78, 5) is 18.3. The second-order valence-corrected chi connectivity index (χ2v) is 9.38. The first-order valence-electron chi connectivity index (χ1n) is 10.0. The van der Waals surface area contributed by atoms with E-state index in [1.54, 1.807) is 18.0 Å². The molecule has 1 saturated heterocycles. The quantitative estimate of drug-likeness (QED) is 0.334. The second kappa shape index (κ2) is 11.1. The van der Waals surface area contributed by atoms with Crippen LogP contribution in [0.25, 0.3) is 0 Å². The Morgan fingerprint density at radius 1 is 1.12 bits per heavy atom. The summed E-state index contributed by atoms with van der Waals surface area (Å²) in [5.41, 5.74) is 0.678. The summed E-state index contributed by atoms with van der Waals surface area (Å²) in [7, 11) is 1.71. The van der Waals surface area contributed by atoms with Crippen LogP contribution in [0.2, 0.25) is 0 Å². The maximum atomic E-state index is 12.9. The van der Waals surface area contributed by atoms with Crippen molar-refractivity contribution in [3.63, 3.8) is 0 Å². The molecule has 1 aliphatic rings. The number of nitrogens with zero attached hydrogens (tertiary/aromatic N) is 3. The summed E-state index contributed by atoms with van der Waals surface area (Å²) in [6.45, 7) is 3.16. The van der Waals surface area contributed by atoms with Gasteiger partial charge in [0.1, 0.15) is 0 Å². The van der Waals surface area contributed by atoms with E-state index in [9.17, 15) is 18.0 Å². The van der Waals surface area contributed by atoms with Crippen LogP contribution in [-0.2, 0) is 19.9 Å². The Bertz CT molecular complexity index is 891.